The zero-order valence-corrected chi connectivity index (χ0v) is 17.1. The van der Waals surface area contributed by atoms with Crippen LogP contribution in [0, 0.1) is 5.41 Å². The van der Waals surface area contributed by atoms with Gasteiger partial charge in [0, 0.05) is 31.1 Å². The molecule has 3 aliphatic rings. The molecule has 2 aliphatic carbocycles. The molecule has 2 aromatic rings. The summed E-state index contributed by atoms with van der Waals surface area (Å²) in [5, 5.41) is 17.2. The van der Waals surface area contributed by atoms with Crippen LogP contribution in [0.4, 0.5) is 5.82 Å². The third-order valence-electron chi connectivity index (χ3n) is 7.22. The largest absolute Gasteiger partial charge is 0.395 e. The molecule has 7 nitrogen and oxygen atoms in total. The van der Waals surface area contributed by atoms with Gasteiger partial charge < -0.3 is 21.1 Å². The minimum absolute atomic E-state index is 0.0727. The summed E-state index contributed by atoms with van der Waals surface area (Å²) in [4.78, 5) is 14.9. The number of carbonyl (C=O) groups is 1. The molecule has 154 valence electrons. The minimum Gasteiger partial charge on any atom is -0.395 e. The number of nitrogens with one attached hydrogen (secondary N) is 1. The summed E-state index contributed by atoms with van der Waals surface area (Å²) in [6.07, 6.45) is 4.17. The van der Waals surface area contributed by atoms with Crippen LogP contribution in [0.1, 0.15) is 47.6 Å². The minimum atomic E-state index is -0.209. The van der Waals surface area contributed by atoms with E-state index >= 15 is 0 Å². The first-order chi connectivity index (χ1) is 13.9. The van der Waals surface area contributed by atoms with Gasteiger partial charge in [-0.1, -0.05) is 24.3 Å². The summed E-state index contributed by atoms with van der Waals surface area (Å²) in [5.41, 5.74) is 9.88. The number of carbonyl (C=O) groups excluding carboxylic acids is 1. The fourth-order valence-corrected chi connectivity index (χ4v) is 5.42. The summed E-state index contributed by atoms with van der Waals surface area (Å²) in [6, 6.07) is 8.33. The molecule has 0 unspecified atom stereocenters. The maximum Gasteiger partial charge on any atom is 0.257 e. The lowest BCUT2D eigenvalue weighted by Gasteiger charge is -2.58. The second-order valence-corrected chi connectivity index (χ2v) is 9.38. The van der Waals surface area contributed by atoms with Gasteiger partial charge in [-0.25, -0.2) is 4.68 Å². The van der Waals surface area contributed by atoms with Gasteiger partial charge in [0.15, 0.2) is 0 Å². The molecule has 1 spiro atoms. The standard InChI is InChI=1S/C22H29N5O2/c1-24-20(29)17-18(14-3-5-15(6-4-14)22(13-28)7-8-22)25-27(19(17)23)16-9-21(10-16)11-26(2)12-21/h3-6,16,28H,7-13,23H2,1-2H3,(H,24,29). The van der Waals surface area contributed by atoms with Crippen molar-refractivity contribution in [1.29, 1.82) is 0 Å². The van der Waals surface area contributed by atoms with Crippen LogP contribution in [0.2, 0.25) is 0 Å². The van der Waals surface area contributed by atoms with Crippen LogP contribution in [0.5, 0.6) is 0 Å². The molecule has 2 saturated carbocycles. The molecule has 7 heteroatoms. The number of aliphatic hydroxyl groups excluding tert-OH is 1. The Hall–Kier alpha value is -2.38. The van der Waals surface area contributed by atoms with Crippen LogP contribution in [0.15, 0.2) is 24.3 Å². The Morgan fingerprint density at radius 1 is 1.28 bits per heavy atom. The molecule has 1 aliphatic heterocycles. The SMILES string of the molecule is CNC(=O)c1c(-c2ccc(C3(CO)CC3)cc2)nn(C2CC3(C2)CN(C)C3)c1N. The molecule has 29 heavy (non-hydrogen) atoms. The highest BCUT2D eigenvalue weighted by Crippen LogP contribution is 2.54. The van der Waals surface area contributed by atoms with Gasteiger partial charge >= 0.3 is 0 Å². The molecule has 0 bridgehead atoms. The van der Waals surface area contributed by atoms with Crippen molar-refractivity contribution in [3.8, 4) is 11.3 Å². The average molecular weight is 396 g/mol. The maximum absolute atomic E-state index is 12.6. The quantitative estimate of drug-likeness (QED) is 0.717. The molecule has 1 amide bonds. The van der Waals surface area contributed by atoms with Crippen molar-refractivity contribution in [2.45, 2.75) is 37.1 Å². The third kappa shape index (κ3) is 2.79. The number of aromatic nitrogens is 2. The Morgan fingerprint density at radius 3 is 2.45 bits per heavy atom. The molecule has 1 aromatic carbocycles. The number of hydrogen-bond acceptors (Lipinski definition) is 5. The highest BCUT2D eigenvalue weighted by Gasteiger charge is 2.52. The Morgan fingerprint density at radius 2 is 1.93 bits per heavy atom. The van der Waals surface area contributed by atoms with Gasteiger partial charge in [0.25, 0.3) is 5.91 Å². The van der Waals surface area contributed by atoms with Crippen molar-refractivity contribution in [2.24, 2.45) is 5.41 Å². The van der Waals surface area contributed by atoms with Crippen molar-refractivity contribution >= 4 is 11.7 Å². The maximum atomic E-state index is 12.6. The lowest BCUT2D eigenvalue weighted by Crippen LogP contribution is -2.60. The normalized spacial score (nSPS) is 22.2. The van der Waals surface area contributed by atoms with E-state index < -0.39 is 0 Å². The second-order valence-electron chi connectivity index (χ2n) is 9.38. The van der Waals surface area contributed by atoms with Gasteiger partial charge in [-0.05, 0) is 43.7 Å². The van der Waals surface area contributed by atoms with Crippen LogP contribution >= 0.6 is 0 Å². The fraction of sp³-hybridized carbons (Fsp3) is 0.545. The van der Waals surface area contributed by atoms with E-state index in [-0.39, 0.29) is 24.0 Å². The number of nitrogens with two attached hydrogens (primary N) is 1. The van der Waals surface area contributed by atoms with Gasteiger partial charge in [-0.3, -0.25) is 4.79 Å². The number of amides is 1. The third-order valence-corrected chi connectivity index (χ3v) is 7.22. The van der Waals surface area contributed by atoms with E-state index in [4.69, 9.17) is 10.8 Å². The molecule has 4 N–H and O–H groups in total. The second kappa shape index (κ2) is 6.31. The first-order valence-electron chi connectivity index (χ1n) is 10.4. The molecule has 3 fully saturated rings. The summed E-state index contributed by atoms with van der Waals surface area (Å²) in [6.45, 7) is 2.44. The average Bonchev–Trinajstić information content (AvgIpc) is 3.41. The van der Waals surface area contributed by atoms with Crippen molar-refractivity contribution in [1.82, 2.24) is 20.0 Å². The number of hydrogen-bond donors (Lipinski definition) is 3. The highest BCUT2D eigenvalue weighted by atomic mass is 16.3. The van der Waals surface area contributed by atoms with Gasteiger partial charge in [0.05, 0.1) is 12.6 Å². The first kappa shape index (κ1) is 18.6. The number of anilines is 1. The summed E-state index contributed by atoms with van der Waals surface area (Å²) >= 11 is 0. The zero-order valence-electron chi connectivity index (χ0n) is 17.1. The lowest BCUT2D eigenvalue weighted by atomic mass is 9.61. The van der Waals surface area contributed by atoms with E-state index in [1.807, 2.05) is 28.9 Å². The Labute approximate surface area is 170 Å². The van der Waals surface area contributed by atoms with Crippen LogP contribution in [0.25, 0.3) is 11.3 Å². The Kier molecular flexibility index (Phi) is 4.05. The molecular formula is C22H29N5O2. The number of likely N-dealkylation sites (tertiary alicyclic amines) is 1. The van der Waals surface area contributed by atoms with Crippen LogP contribution in [-0.4, -0.2) is 59.5 Å². The Balaban J connectivity index is 1.47. The van der Waals surface area contributed by atoms with Crippen molar-refractivity contribution in [3.63, 3.8) is 0 Å². The van der Waals surface area contributed by atoms with Crippen molar-refractivity contribution in [3.05, 3.63) is 35.4 Å². The smallest absolute Gasteiger partial charge is 0.257 e. The van der Waals surface area contributed by atoms with Crippen molar-refractivity contribution in [2.75, 3.05) is 39.5 Å². The van der Waals surface area contributed by atoms with Crippen LogP contribution < -0.4 is 11.1 Å². The van der Waals surface area contributed by atoms with Gasteiger partial charge in [0.2, 0.25) is 0 Å². The highest BCUT2D eigenvalue weighted by molar-refractivity contribution is 6.04. The van der Waals surface area contributed by atoms with E-state index in [0.717, 1.165) is 49.9 Å². The molecule has 0 radical (unpaired) electrons. The molecular weight excluding hydrogens is 366 g/mol. The van der Waals surface area contributed by atoms with Gasteiger partial charge in [-0.15, -0.1) is 0 Å². The predicted octanol–water partition coefficient (Wildman–Crippen LogP) is 1.78. The van der Waals surface area contributed by atoms with Crippen molar-refractivity contribution < 1.29 is 9.90 Å². The molecule has 0 atom stereocenters. The summed E-state index contributed by atoms with van der Waals surface area (Å²) in [7, 11) is 3.77. The molecule has 2 heterocycles. The summed E-state index contributed by atoms with van der Waals surface area (Å²) < 4.78 is 1.87. The topological polar surface area (TPSA) is 96.4 Å². The first-order valence-corrected chi connectivity index (χ1v) is 10.4. The van der Waals surface area contributed by atoms with E-state index in [1.165, 1.54) is 0 Å². The van der Waals surface area contributed by atoms with E-state index in [1.54, 1.807) is 7.05 Å². The Bertz CT molecular complexity index is 946. The molecule has 1 saturated heterocycles. The number of nitrogen functional groups attached to an aromatic ring is 1. The van der Waals surface area contributed by atoms with E-state index in [9.17, 15) is 9.90 Å². The van der Waals surface area contributed by atoms with Gasteiger partial charge in [0.1, 0.15) is 17.1 Å². The zero-order chi connectivity index (χ0) is 20.4. The van der Waals surface area contributed by atoms with E-state index in [0.29, 0.717) is 22.5 Å². The monoisotopic (exact) mass is 395 g/mol. The molecule has 5 rings (SSSR count). The van der Waals surface area contributed by atoms with E-state index in [2.05, 4.69) is 17.3 Å². The number of rotatable bonds is 5. The number of benzene rings is 1. The van der Waals surface area contributed by atoms with Gasteiger partial charge in [-0.2, -0.15) is 5.10 Å². The number of aliphatic hydroxyl groups is 1. The fourth-order valence-electron chi connectivity index (χ4n) is 5.42. The van der Waals surface area contributed by atoms with Crippen LogP contribution in [-0.2, 0) is 5.41 Å². The van der Waals surface area contributed by atoms with Crippen LogP contribution in [0.3, 0.4) is 0 Å². The number of nitrogens with zero attached hydrogens (tertiary/aromatic N) is 3. The summed E-state index contributed by atoms with van der Waals surface area (Å²) in [5.74, 6) is 0.240. The lowest BCUT2D eigenvalue weighted by molar-refractivity contribution is -0.0780. The molecule has 1 aromatic heterocycles. The predicted molar refractivity (Wildman–Crippen MR) is 112 cm³/mol.